The molecule has 0 aliphatic heterocycles. The maximum atomic E-state index is 12.2. The molecule has 2 rings (SSSR count). The van der Waals surface area contributed by atoms with Crippen LogP contribution in [0.15, 0.2) is 18.3 Å². The van der Waals surface area contributed by atoms with Crippen LogP contribution in [-0.2, 0) is 11.2 Å². The number of Topliss-reactive ketones (excluding diaryl/α,β-unsaturated/α-hetero) is 1. The number of aromatic nitrogens is 1. The quantitative estimate of drug-likeness (QED) is 0.845. The minimum Gasteiger partial charge on any atom is -0.481 e. The number of rotatable bonds is 3. The Labute approximate surface area is 121 Å². The SMILES string of the molecule is COc1ncccc1CC1CC(C(C)(C)C)CCC1=O. The predicted molar refractivity (Wildman–Crippen MR) is 79.8 cm³/mol. The summed E-state index contributed by atoms with van der Waals surface area (Å²) in [5.74, 6) is 1.79. The molecular formula is C17H25NO2. The Kier molecular flexibility index (Phi) is 4.46. The Morgan fingerprint density at radius 1 is 1.40 bits per heavy atom. The van der Waals surface area contributed by atoms with E-state index < -0.39 is 0 Å². The third-order valence-corrected chi connectivity index (χ3v) is 4.50. The molecule has 1 aromatic rings. The number of carbonyl (C=O) groups excluding carboxylic acids is 1. The van der Waals surface area contributed by atoms with Crippen molar-refractivity contribution in [2.75, 3.05) is 7.11 Å². The van der Waals surface area contributed by atoms with Crippen LogP contribution in [0.2, 0.25) is 0 Å². The Hall–Kier alpha value is -1.38. The van der Waals surface area contributed by atoms with Gasteiger partial charge in [0, 0.05) is 24.1 Å². The van der Waals surface area contributed by atoms with Gasteiger partial charge < -0.3 is 4.74 Å². The Morgan fingerprint density at radius 3 is 2.80 bits per heavy atom. The molecule has 0 spiro atoms. The van der Waals surface area contributed by atoms with Crippen LogP contribution in [0.1, 0.15) is 45.6 Å². The van der Waals surface area contributed by atoms with Crippen molar-refractivity contribution in [2.45, 2.75) is 46.5 Å². The van der Waals surface area contributed by atoms with Crippen molar-refractivity contribution in [1.29, 1.82) is 0 Å². The number of carbonyl (C=O) groups is 1. The number of nitrogens with zero attached hydrogens (tertiary/aromatic N) is 1. The molecule has 1 saturated carbocycles. The minimum absolute atomic E-state index is 0.117. The first-order valence-corrected chi connectivity index (χ1v) is 7.42. The molecule has 1 aliphatic carbocycles. The van der Waals surface area contributed by atoms with Gasteiger partial charge in [-0.1, -0.05) is 26.8 Å². The van der Waals surface area contributed by atoms with Gasteiger partial charge in [0.1, 0.15) is 5.78 Å². The monoisotopic (exact) mass is 275 g/mol. The van der Waals surface area contributed by atoms with Gasteiger partial charge >= 0.3 is 0 Å². The van der Waals surface area contributed by atoms with Crippen molar-refractivity contribution in [2.24, 2.45) is 17.3 Å². The van der Waals surface area contributed by atoms with E-state index in [1.54, 1.807) is 13.3 Å². The highest BCUT2D eigenvalue weighted by molar-refractivity contribution is 5.82. The highest BCUT2D eigenvalue weighted by Gasteiger charge is 2.35. The first-order valence-electron chi connectivity index (χ1n) is 7.42. The topological polar surface area (TPSA) is 39.2 Å². The van der Waals surface area contributed by atoms with Crippen molar-refractivity contribution in [3.8, 4) is 5.88 Å². The second kappa shape index (κ2) is 5.94. The van der Waals surface area contributed by atoms with E-state index in [0.717, 1.165) is 31.2 Å². The lowest BCUT2D eigenvalue weighted by molar-refractivity contribution is -0.126. The first-order chi connectivity index (χ1) is 9.41. The smallest absolute Gasteiger partial charge is 0.216 e. The van der Waals surface area contributed by atoms with Gasteiger partial charge in [-0.3, -0.25) is 4.79 Å². The van der Waals surface area contributed by atoms with Gasteiger partial charge in [0.05, 0.1) is 7.11 Å². The standard InChI is InChI=1S/C17H25NO2/c1-17(2,3)14-7-8-15(19)13(11-14)10-12-6-5-9-18-16(12)20-4/h5-6,9,13-14H,7-8,10-11H2,1-4H3. The molecule has 1 fully saturated rings. The van der Waals surface area contributed by atoms with Gasteiger partial charge in [-0.25, -0.2) is 4.98 Å². The van der Waals surface area contributed by atoms with Gasteiger partial charge in [-0.05, 0) is 36.7 Å². The fourth-order valence-corrected chi connectivity index (χ4v) is 3.13. The zero-order valence-corrected chi connectivity index (χ0v) is 13.0. The molecule has 0 amide bonds. The summed E-state index contributed by atoms with van der Waals surface area (Å²) >= 11 is 0. The maximum Gasteiger partial charge on any atom is 0.216 e. The van der Waals surface area contributed by atoms with Crippen molar-refractivity contribution in [1.82, 2.24) is 4.98 Å². The van der Waals surface area contributed by atoms with E-state index in [0.29, 0.717) is 17.6 Å². The highest BCUT2D eigenvalue weighted by atomic mass is 16.5. The van der Waals surface area contributed by atoms with E-state index in [4.69, 9.17) is 4.74 Å². The molecule has 3 heteroatoms. The zero-order chi connectivity index (χ0) is 14.8. The van der Waals surface area contributed by atoms with Crippen molar-refractivity contribution in [3.05, 3.63) is 23.9 Å². The number of hydrogen-bond acceptors (Lipinski definition) is 3. The van der Waals surface area contributed by atoms with Crippen LogP contribution in [0.3, 0.4) is 0 Å². The van der Waals surface area contributed by atoms with Crippen LogP contribution in [0, 0.1) is 17.3 Å². The number of hydrogen-bond donors (Lipinski definition) is 0. The number of ether oxygens (including phenoxy) is 1. The van der Waals surface area contributed by atoms with Gasteiger partial charge in [0.25, 0.3) is 0 Å². The van der Waals surface area contributed by atoms with Crippen LogP contribution < -0.4 is 4.74 Å². The molecule has 3 nitrogen and oxygen atoms in total. The summed E-state index contributed by atoms with van der Waals surface area (Å²) in [6.45, 7) is 6.82. The molecule has 110 valence electrons. The molecule has 0 radical (unpaired) electrons. The van der Waals surface area contributed by atoms with E-state index in [9.17, 15) is 4.79 Å². The zero-order valence-electron chi connectivity index (χ0n) is 13.0. The lowest BCUT2D eigenvalue weighted by Gasteiger charge is -2.37. The molecule has 0 N–H and O–H groups in total. The van der Waals surface area contributed by atoms with E-state index in [2.05, 4.69) is 25.8 Å². The highest BCUT2D eigenvalue weighted by Crippen LogP contribution is 2.40. The molecule has 2 unspecified atom stereocenters. The number of pyridine rings is 1. The second-order valence-electron chi connectivity index (χ2n) is 6.88. The summed E-state index contributed by atoms with van der Waals surface area (Å²) in [4.78, 5) is 16.4. The summed E-state index contributed by atoms with van der Waals surface area (Å²) < 4.78 is 5.29. The molecule has 1 aliphatic rings. The molecule has 1 aromatic heterocycles. The Balaban J connectivity index is 2.12. The van der Waals surface area contributed by atoms with Crippen LogP contribution in [-0.4, -0.2) is 17.9 Å². The fourth-order valence-electron chi connectivity index (χ4n) is 3.13. The predicted octanol–water partition coefficient (Wildman–Crippen LogP) is 3.66. The lowest BCUT2D eigenvalue weighted by atomic mass is 9.67. The van der Waals surface area contributed by atoms with Crippen molar-refractivity contribution < 1.29 is 9.53 Å². The van der Waals surface area contributed by atoms with Crippen LogP contribution >= 0.6 is 0 Å². The maximum absolute atomic E-state index is 12.2. The minimum atomic E-state index is 0.117. The van der Waals surface area contributed by atoms with Crippen LogP contribution in [0.25, 0.3) is 0 Å². The number of methoxy groups -OCH3 is 1. The first kappa shape index (κ1) is 15.0. The summed E-state index contributed by atoms with van der Waals surface area (Å²) in [5, 5.41) is 0. The van der Waals surface area contributed by atoms with E-state index in [1.807, 2.05) is 12.1 Å². The summed E-state index contributed by atoms with van der Waals surface area (Å²) in [6, 6.07) is 3.92. The number of ketones is 1. The van der Waals surface area contributed by atoms with Gasteiger partial charge in [-0.2, -0.15) is 0 Å². The summed E-state index contributed by atoms with van der Waals surface area (Å²) in [5.41, 5.74) is 1.32. The van der Waals surface area contributed by atoms with E-state index in [1.165, 1.54) is 0 Å². The molecule has 0 saturated heterocycles. The second-order valence-corrected chi connectivity index (χ2v) is 6.88. The molecule has 0 aromatic carbocycles. The van der Waals surface area contributed by atoms with Crippen molar-refractivity contribution in [3.63, 3.8) is 0 Å². The average Bonchev–Trinajstić information content (AvgIpc) is 2.40. The Morgan fingerprint density at radius 2 is 2.15 bits per heavy atom. The third kappa shape index (κ3) is 3.38. The van der Waals surface area contributed by atoms with Crippen LogP contribution in [0.4, 0.5) is 0 Å². The fraction of sp³-hybridized carbons (Fsp3) is 0.647. The normalized spacial score (nSPS) is 23.7. The van der Waals surface area contributed by atoms with Gasteiger partial charge in [0.15, 0.2) is 0 Å². The summed E-state index contributed by atoms with van der Waals surface area (Å²) in [7, 11) is 1.63. The largest absolute Gasteiger partial charge is 0.481 e. The lowest BCUT2D eigenvalue weighted by Crippen LogP contribution is -2.33. The van der Waals surface area contributed by atoms with E-state index in [-0.39, 0.29) is 11.3 Å². The van der Waals surface area contributed by atoms with Gasteiger partial charge in [-0.15, -0.1) is 0 Å². The van der Waals surface area contributed by atoms with Crippen LogP contribution in [0.5, 0.6) is 5.88 Å². The molecule has 2 atom stereocenters. The average molecular weight is 275 g/mol. The summed E-state index contributed by atoms with van der Waals surface area (Å²) in [6.07, 6.45) is 5.21. The Bertz CT molecular complexity index is 476. The molecular weight excluding hydrogens is 250 g/mol. The van der Waals surface area contributed by atoms with Gasteiger partial charge in [0.2, 0.25) is 5.88 Å². The third-order valence-electron chi connectivity index (χ3n) is 4.50. The van der Waals surface area contributed by atoms with Crippen molar-refractivity contribution >= 4 is 5.78 Å². The molecule has 20 heavy (non-hydrogen) atoms. The molecule has 1 heterocycles. The van der Waals surface area contributed by atoms with E-state index >= 15 is 0 Å². The molecule has 0 bridgehead atoms.